The molecule has 2 atom stereocenters. The first-order valence-corrected chi connectivity index (χ1v) is 8.23. The molecule has 2 aromatic carbocycles. The molecule has 0 saturated carbocycles. The Bertz CT molecular complexity index is 851. The van der Waals surface area contributed by atoms with Crippen LogP contribution in [0, 0.1) is 0 Å². The average molecular weight is 353 g/mol. The Kier molecular flexibility index (Phi) is 4.88. The highest BCUT2D eigenvalue weighted by molar-refractivity contribution is 6.01. The summed E-state index contributed by atoms with van der Waals surface area (Å²) in [6.45, 7) is 1.39. The smallest absolute Gasteiger partial charge is 0.325 e. The number of amides is 2. The third-order valence-electron chi connectivity index (χ3n) is 4.20. The Morgan fingerprint density at radius 1 is 1.15 bits per heavy atom. The van der Waals surface area contributed by atoms with Crippen LogP contribution in [0.2, 0.25) is 0 Å². The van der Waals surface area contributed by atoms with Crippen LogP contribution >= 0.6 is 0 Å². The van der Waals surface area contributed by atoms with Gasteiger partial charge in [0.1, 0.15) is 6.04 Å². The standard InChI is InChI=1S/C19H19N3O4/c1-11(19(25)26)20-18(24)13-7-8-14-16(9-13)22-17(23)10-15(21-14)12-5-3-2-4-6-12/h2-9,11,15,21H,10H2,1H3,(H,20,24)(H,22,23)(H,25,26). The van der Waals surface area contributed by atoms with Crippen LogP contribution in [0.5, 0.6) is 0 Å². The highest BCUT2D eigenvalue weighted by Gasteiger charge is 2.23. The van der Waals surface area contributed by atoms with Gasteiger partial charge in [-0.1, -0.05) is 30.3 Å². The van der Waals surface area contributed by atoms with Crippen molar-refractivity contribution in [1.82, 2.24) is 5.32 Å². The topological polar surface area (TPSA) is 108 Å². The number of aliphatic carboxylic acids is 1. The van der Waals surface area contributed by atoms with Crippen molar-refractivity contribution >= 4 is 29.2 Å². The molecule has 2 unspecified atom stereocenters. The van der Waals surface area contributed by atoms with Gasteiger partial charge in [0.05, 0.1) is 23.8 Å². The van der Waals surface area contributed by atoms with E-state index in [0.717, 1.165) is 5.56 Å². The van der Waals surface area contributed by atoms with Crippen molar-refractivity contribution in [3.05, 3.63) is 59.7 Å². The van der Waals surface area contributed by atoms with Crippen molar-refractivity contribution < 1.29 is 19.5 Å². The molecular formula is C19H19N3O4. The first kappa shape index (κ1) is 17.5. The molecule has 134 valence electrons. The molecule has 1 aliphatic rings. The number of benzene rings is 2. The van der Waals surface area contributed by atoms with Gasteiger partial charge in [-0.3, -0.25) is 14.4 Å². The predicted molar refractivity (Wildman–Crippen MR) is 97.1 cm³/mol. The van der Waals surface area contributed by atoms with Crippen LogP contribution in [0.3, 0.4) is 0 Å². The van der Waals surface area contributed by atoms with E-state index in [4.69, 9.17) is 5.11 Å². The molecule has 2 amide bonds. The molecule has 7 nitrogen and oxygen atoms in total. The molecule has 0 aromatic heterocycles. The lowest BCUT2D eigenvalue weighted by atomic mass is 10.0. The fourth-order valence-electron chi connectivity index (χ4n) is 2.77. The van der Waals surface area contributed by atoms with Gasteiger partial charge in [0.25, 0.3) is 5.91 Å². The number of carboxylic acids is 1. The SMILES string of the molecule is CC(NC(=O)c1ccc2c(c1)NC(=O)CC(c1ccccc1)N2)C(=O)O. The van der Waals surface area contributed by atoms with Crippen LogP contribution in [0.4, 0.5) is 11.4 Å². The van der Waals surface area contributed by atoms with Crippen molar-refractivity contribution in [3.63, 3.8) is 0 Å². The summed E-state index contributed by atoms with van der Waals surface area (Å²) in [5.74, 6) is -1.80. The monoisotopic (exact) mass is 353 g/mol. The van der Waals surface area contributed by atoms with E-state index in [1.54, 1.807) is 12.1 Å². The van der Waals surface area contributed by atoms with E-state index < -0.39 is 17.9 Å². The van der Waals surface area contributed by atoms with Crippen LogP contribution in [0.25, 0.3) is 0 Å². The summed E-state index contributed by atoms with van der Waals surface area (Å²) >= 11 is 0. The van der Waals surface area contributed by atoms with Gasteiger partial charge in [0, 0.05) is 5.56 Å². The summed E-state index contributed by atoms with van der Waals surface area (Å²) in [5.41, 5.74) is 2.46. The summed E-state index contributed by atoms with van der Waals surface area (Å²) in [5, 5.41) is 17.4. The van der Waals surface area contributed by atoms with Gasteiger partial charge in [-0.25, -0.2) is 0 Å². The molecule has 0 spiro atoms. The van der Waals surface area contributed by atoms with E-state index in [9.17, 15) is 14.4 Å². The number of rotatable bonds is 4. The van der Waals surface area contributed by atoms with Crippen molar-refractivity contribution in [2.24, 2.45) is 0 Å². The fraction of sp³-hybridized carbons (Fsp3) is 0.211. The second kappa shape index (κ2) is 7.26. The highest BCUT2D eigenvalue weighted by atomic mass is 16.4. The Labute approximate surface area is 150 Å². The largest absolute Gasteiger partial charge is 0.480 e. The lowest BCUT2D eigenvalue weighted by molar-refractivity contribution is -0.138. The molecule has 0 bridgehead atoms. The number of carboxylic acid groups (broad SMARTS) is 1. The molecular weight excluding hydrogens is 334 g/mol. The van der Waals surface area contributed by atoms with Crippen LogP contribution < -0.4 is 16.0 Å². The van der Waals surface area contributed by atoms with Gasteiger partial charge >= 0.3 is 5.97 Å². The van der Waals surface area contributed by atoms with Crippen LogP contribution in [0.1, 0.15) is 35.3 Å². The first-order chi connectivity index (χ1) is 12.4. The molecule has 1 heterocycles. The first-order valence-electron chi connectivity index (χ1n) is 8.23. The maximum absolute atomic E-state index is 12.2. The number of carbonyl (C=O) groups excluding carboxylic acids is 2. The quantitative estimate of drug-likeness (QED) is 0.675. The fourth-order valence-corrected chi connectivity index (χ4v) is 2.77. The highest BCUT2D eigenvalue weighted by Crippen LogP contribution is 2.32. The molecule has 0 saturated heterocycles. The number of anilines is 2. The van der Waals surface area contributed by atoms with Crippen molar-refractivity contribution in [1.29, 1.82) is 0 Å². The summed E-state index contributed by atoms with van der Waals surface area (Å²) in [7, 11) is 0. The molecule has 26 heavy (non-hydrogen) atoms. The van der Waals surface area contributed by atoms with Crippen LogP contribution in [-0.4, -0.2) is 28.9 Å². The van der Waals surface area contributed by atoms with Gasteiger partial charge in [-0.05, 0) is 30.7 Å². The van der Waals surface area contributed by atoms with E-state index >= 15 is 0 Å². The summed E-state index contributed by atoms with van der Waals surface area (Å²) in [4.78, 5) is 35.3. The average Bonchev–Trinajstić information content (AvgIpc) is 2.79. The van der Waals surface area contributed by atoms with Gasteiger partial charge in [-0.15, -0.1) is 0 Å². The normalized spacial score (nSPS) is 17.1. The molecule has 2 aromatic rings. The molecule has 3 rings (SSSR count). The zero-order chi connectivity index (χ0) is 18.7. The van der Waals surface area contributed by atoms with Crippen LogP contribution in [0.15, 0.2) is 48.5 Å². The lowest BCUT2D eigenvalue weighted by Gasteiger charge is -2.17. The maximum atomic E-state index is 12.2. The number of carbonyl (C=O) groups is 3. The van der Waals surface area contributed by atoms with Crippen LogP contribution in [-0.2, 0) is 9.59 Å². The minimum atomic E-state index is -1.12. The minimum Gasteiger partial charge on any atom is -0.480 e. The van der Waals surface area contributed by atoms with E-state index in [0.29, 0.717) is 11.4 Å². The Morgan fingerprint density at radius 3 is 2.58 bits per heavy atom. The molecule has 0 aliphatic carbocycles. The number of hydrogen-bond donors (Lipinski definition) is 4. The summed E-state index contributed by atoms with van der Waals surface area (Å²) in [6.07, 6.45) is 0.260. The number of fused-ring (bicyclic) bond motifs is 1. The van der Waals surface area contributed by atoms with Gasteiger partial charge < -0.3 is 21.1 Å². The Hall–Kier alpha value is -3.35. The van der Waals surface area contributed by atoms with E-state index in [2.05, 4.69) is 16.0 Å². The zero-order valence-electron chi connectivity index (χ0n) is 14.2. The Balaban J connectivity index is 1.84. The number of nitrogens with one attached hydrogen (secondary N) is 3. The molecule has 1 aliphatic heterocycles. The summed E-state index contributed by atoms with van der Waals surface area (Å²) < 4.78 is 0. The summed E-state index contributed by atoms with van der Waals surface area (Å²) in [6, 6.07) is 13.3. The zero-order valence-corrected chi connectivity index (χ0v) is 14.2. The van der Waals surface area contributed by atoms with Crippen molar-refractivity contribution in [3.8, 4) is 0 Å². The second-order valence-corrected chi connectivity index (χ2v) is 6.15. The maximum Gasteiger partial charge on any atom is 0.325 e. The van der Waals surface area contributed by atoms with Crippen molar-refractivity contribution in [2.45, 2.75) is 25.4 Å². The second-order valence-electron chi connectivity index (χ2n) is 6.15. The lowest BCUT2D eigenvalue weighted by Crippen LogP contribution is -2.38. The van der Waals surface area contributed by atoms with Crippen molar-refractivity contribution in [2.75, 3.05) is 10.6 Å². The molecule has 0 fully saturated rings. The Morgan fingerprint density at radius 2 is 1.88 bits per heavy atom. The van der Waals surface area contributed by atoms with Gasteiger partial charge in [0.2, 0.25) is 5.91 Å². The van der Waals surface area contributed by atoms with E-state index in [1.807, 2.05) is 30.3 Å². The van der Waals surface area contributed by atoms with Gasteiger partial charge in [0.15, 0.2) is 0 Å². The number of hydrogen-bond acceptors (Lipinski definition) is 4. The molecule has 4 N–H and O–H groups in total. The minimum absolute atomic E-state index is 0.165. The van der Waals surface area contributed by atoms with E-state index in [1.165, 1.54) is 13.0 Å². The molecule has 0 radical (unpaired) electrons. The van der Waals surface area contributed by atoms with E-state index in [-0.39, 0.29) is 23.9 Å². The third-order valence-corrected chi connectivity index (χ3v) is 4.20. The van der Waals surface area contributed by atoms with Gasteiger partial charge in [-0.2, -0.15) is 0 Å². The predicted octanol–water partition coefficient (Wildman–Crippen LogP) is 2.38. The molecule has 7 heteroatoms. The third kappa shape index (κ3) is 3.83.